The van der Waals surface area contributed by atoms with Gasteiger partial charge in [0.05, 0.1) is 20.3 Å². The van der Waals surface area contributed by atoms with Crippen molar-refractivity contribution >= 4 is 11.7 Å². The topological polar surface area (TPSA) is 98.4 Å². The molecular weight excluding hydrogens is 252 g/mol. The Morgan fingerprint density at radius 2 is 2.47 bits per heavy atom. The maximum atomic E-state index is 11.9. The highest BCUT2D eigenvalue weighted by atomic mass is 16.6. The lowest BCUT2D eigenvalue weighted by atomic mass is 10.2. The highest BCUT2D eigenvalue weighted by molar-refractivity contribution is 5.93. The van der Waals surface area contributed by atoms with Gasteiger partial charge in [0.15, 0.2) is 5.69 Å². The Bertz CT molecular complexity index is 479. The van der Waals surface area contributed by atoms with Gasteiger partial charge in [-0.2, -0.15) is 0 Å². The monoisotopic (exact) mass is 268 g/mol. The minimum Gasteiger partial charge on any atom is -0.378 e. The number of carbonyl (C=O) groups is 1. The van der Waals surface area contributed by atoms with Crippen LogP contribution in [0.4, 0.5) is 5.82 Å². The van der Waals surface area contributed by atoms with E-state index in [-0.39, 0.29) is 23.5 Å². The molecule has 2 N–H and O–H groups in total. The number of amides is 1. The normalized spacial score (nSPS) is 19.1. The zero-order valence-electron chi connectivity index (χ0n) is 10.6. The fourth-order valence-corrected chi connectivity index (χ4v) is 1.97. The summed E-state index contributed by atoms with van der Waals surface area (Å²) in [6, 6.07) is 2.84. The molecule has 2 heterocycles. The van der Waals surface area contributed by atoms with E-state index in [4.69, 9.17) is 4.74 Å². The molecule has 0 aliphatic carbocycles. The van der Waals surface area contributed by atoms with Crippen molar-refractivity contribution < 1.29 is 14.5 Å². The van der Waals surface area contributed by atoms with E-state index in [0.717, 1.165) is 6.54 Å². The van der Waals surface area contributed by atoms with E-state index < -0.39 is 4.92 Å². The number of ether oxygens (including phenoxy) is 1. The number of hydrogen-bond donors (Lipinski definition) is 2. The van der Waals surface area contributed by atoms with E-state index in [1.807, 2.05) is 0 Å². The molecule has 8 heteroatoms. The van der Waals surface area contributed by atoms with E-state index in [0.29, 0.717) is 19.8 Å². The molecular formula is C11H16N4O4. The van der Waals surface area contributed by atoms with Crippen LogP contribution in [-0.2, 0) is 11.8 Å². The van der Waals surface area contributed by atoms with Gasteiger partial charge in [-0.3, -0.25) is 4.79 Å². The molecule has 1 aromatic heterocycles. The Balaban J connectivity index is 1.94. The van der Waals surface area contributed by atoms with Gasteiger partial charge in [-0.1, -0.05) is 0 Å². The average Bonchev–Trinajstić information content (AvgIpc) is 2.79. The number of nitro groups is 1. The van der Waals surface area contributed by atoms with Crippen molar-refractivity contribution in [3.63, 3.8) is 0 Å². The first kappa shape index (κ1) is 13.5. The van der Waals surface area contributed by atoms with Gasteiger partial charge >= 0.3 is 5.82 Å². The van der Waals surface area contributed by atoms with Crippen molar-refractivity contribution in [2.45, 2.75) is 6.04 Å². The van der Waals surface area contributed by atoms with Crippen LogP contribution in [0.2, 0.25) is 0 Å². The third-order valence-corrected chi connectivity index (χ3v) is 3.02. The van der Waals surface area contributed by atoms with E-state index in [9.17, 15) is 14.9 Å². The number of aromatic nitrogens is 1. The van der Waals surface area contributed by atoms with Crippen LogP contribution < -0.4 is 10.6 Å². The molecule has 0 bridgehead atoms. The van der Waals surface area contributed by atoms with Gasteiger partial charge < -0.3 is 25.5 Å². The van der Waals surface area contributed by atoms with Crippen molar-refractivity contribution in [3.05, 3.63) is 27.9 Å². The fourth-order valence-electron chi connectivity index (χ4n) is 1.97. The molecule has 1 amide bonds. The number of morpholine rings is 1. The zero-order valence-corrected chi connectivity index (χ0v) is 10.6. The first-order chi connectivity index (χ1) is 9.09. The summed E-state index contributed by atoms with van der Waals surface area (Å²) in [5, 5.41) is 16.6. The Morgan fingerprint density at radius 3 is 3.05 bits per heavy atom. The van der Waals surface area contributed by atoms with E-state index >= 15 is 0 Å². The largest absolute Gasteiger partial charge is 0.378 e. The van der Waals surface area contributed by atoms with Gasteiger partial charge in [-0.05, 0) is 11.0 Å². The third kappa shape index (κ3) is 3.09. The van der Waals surface area contributed by atoms with Crippen LogP contribution >= 0.6 is 0 Å². The average molecular weight is 268 g/mol. The molecule has 1 atom stereocenters. The van der Waals surface area contributed by atoms with Crippen molar-refractivity contribution in [1.29, 1.82) is 0 Å². The molecule has 0 radical (unpaired) electrons. The molecule has 0 spiro atoms. The molecule has 1 aliphatic rings. The lowest BCUT2D eigenvalue weighted by Gasteiger charge is -2.23. The first-order valence-corrected chi connectivity index (χ1v) is 5.99. The molecule has 1 aromatic rings. The molecule has 2 rings (SSSR count). The smallest absolute Gasteiger partial charge is 0.323 e. The van der Waals surface area contributed by atoms with Crippen LogP contribution in [-0.4, -0.2) is 47.7 Å². The van der Waals surface area contributed by atoms with Crippen LogP contribution in [0.25, 0.3) is 0 Å². The molecule has 1 unspecified atom stereocenters. The van der Waals surface area contributed by atoms with Crippen LogP contribution in [0.1, 0.15) is 10.5 Å². The number of nitrogens with zero attached hydrogens (tertiary/aromatic N) is 2. The minimum atomic E-state index is -0.521. The van der Waals surface area contributed by atoms with Gasteiger partial charge in [0, 0.05) is 25.2 Å². The SMILES string of the molecule is Cn1c(C(=O)NCC2COCCN2)ccc1[N+](=O)[O-]. The summed E-state index contributed by atoms with van der Waals surface area (Å²) in [6.45, 7) is 2.41. The van der Waals surface area contributed by atoms with Crippen molar-refractivity contribution in [2.75, 3.05) is 26.3 Å². The highest BCUT2D eigenvalue weighted by Crippen LogP contribution is 2.14. The van der Waals surface area contributed by atoms with Crippen LogP contribution in [0.5, 0.6) is 0 Å². The summed E-state index contributed by atoms with van der Waals surface area (Å²) in [6.07, 6.45) is 0. The Labute approximate surface area is 109 Å². The number of nitrogens with one attached hydrogen (secondary N) is 2. The molecule has 0 saturated carbocycles. The summed E-state index contributed by atoms with van der Waals surface area (Å²) in [5.74, 6) is -0.438. The number of hydrogen-bond acceptors (Lipinski definition) is 5. The molecule has 1 fully saturated rings. The quantitative estimate of drug-likeness (QED) is 0.574. The van der Waals surface area contributed by atoms with Gasteiger partial charge in [-0.25, -0.2) is 4.57 Å². The van der Waals surface area contributed by atoms with E-state index in [1.165, 1.54) is 23.7 Å². The third-order valence-electron chi connectivity index (χ3n) is 3.02. The summed E-state index contributed by atoms with van der Waals surface area (Å²) < 4.78 is 6.54. The maximum absolute atomic E-state index is 11.9. The summed E-state index contributed by atoms with van der Waals surface area (Å²) >= 11 is 0. The Hall–Kier alpha value is -1.93. The number of carbonyl (C=O) groups excluding carboxylic acids is 1. The molecule has 1 saturated heterocycles. The van der Waals surface area contributed by atoms with Crippen molar-refractivity contribution in [3.8, 4) is 0 Å². The van der Waals surface area contributed by atoms with Crippen LogP contribution in [0.3, 0.4) is 0 Å². The highest BCUT2D eigenvalue weighted by Gasteiger charge is 2.21. The predicted molar refractivity (Wildman–Crippen MR) is 67.0 cm³/mol. The molecule has 8 nitrogen and oxygen atoms in total. The van der Waals surface area contributed by atoms with Crippen LogP contribution in [0.15, 0.2) is 12.1 Å². The first-order valence-electron chi connectivity index (χ1n) is 5.99. The number of rotatable bonds is 4. The Kier molecular flexibility index (Phi) is 4.13. The predicted octanol–water partition coefficient (Wildman–Crippen LogP) is -0.348. The van der Waals surface area contributed by atoms with Crippen molar-refractivity contribution in [2.24, 2.45) is 7.05 Å². The summed E-state index contributed by atoms with van der Waals surface area (Å²) in [7, 11) is 1.50. The van der Waals surface area contributed by atoms with Crippen molar-refractivity contribution in [1.82, 2.24) is 15.2 Å². The standard InChI is InChI=1S/C11H16N4O4/c1-14-9(2-3-10(14)15(17)18)11(16)13-6-8-7-19-5-4-12-8/h2-3,8,12H,4-7H2,1H3,(H,13,16). The molecule has 1 aliphatic heterocycles. The van der Waals surface area contributed by atoms with E-state index in [2.05, 4.69) is 10.6 Å². The maximum Gasteiger partial charge on any atom is 0.323 e. The molecule has 19 heavy (non-hydrogen) atoms. The van der Waals surface area contributed by atoms with Gasteiger partial charge in [-0.15, -0.1) is 0 Å². The lowest BCUT2D eigenvalue weighted by Crippen LogP contribution is -2.48. The fraction of sp³-hybridized carbons (Fsp3) is 0.545. The van der Waals surface area contributed by atoms with Gasteiger partial charge in [0.2, 0.25) is 0 Å². The minimum absolute atomic E-state index is 0.0768. The van der Waals surface area contributed by atoms with Crippen LogP contribution in [0, 0.1) is 10.1 Å². The van der Waals surface area contributed by atoms with E-state index in [1.54, 1.807) is 0 Å². The molecule has 104 valence electrons. The summed E-state index contributed by atoms with van der Waals surface area (Å²) in [4.78, 5) is 22.1. The second-order valence-electron chi connectivity index (χ2n) is 4.33. The van der Waals surface area contributed by atoms with Gasteiger partial charge in [0.25, 0.3) is 5.91 Å². The second-order valence-corrected chi connectivity index (χ2v) is 4.33. The Morgan fingerprint density at radius 1 is 1.68 bits per heavy atom. The zero-order chi connectivity index (χ0) is 13.8. The summed E-state index contributed by atoms with van der Waals surface area (Å²) in [5.41, 5.74) is 0.267. The second kappa shape index (κ2) is 5.81. The molecule has 0 aromatic carbocycles. The van der Waals surface area contributed by atoms with Gasteiger partial charge in [0.1, 0.15) is 0 Å². The lowest BCUT2D eigenvalue weighted by molar-refractivity contribution is -0.391.